The first-order valence-corrected chi connectivity index (χ1v) is 8.69. The monoisotopic (exact) mass is 339 g/mol. The molecular weight excluding hydrogens is 317 g/mol. The summed E-state index contributed by atoms with van der Waals surface area (Å²) < 4.78 is 13.1. The second-order valence-electron chi connectivity index (χ2n) is 6.47. The van der Waals surface area contributed by atoms with Crippen LogP contribution in [0.3, 0.4) is 0 Å². The molecule has 23 heavy (non-hydrogen) atoms. The molecule has 1 aromatic rings. The van der Waals surface area contributed by atoms with Gasteiger partial charge in [0.25, 0.3) is 0 Å². The van der Waals surface area contributed by atoms with Gasteiger partial charge in [-0.1, -0.05) is 17.7 Å². The topological polar surface area (TPSA) is 44.4 Å². The first kappa shape index (κ1) is 16.7. The predicted octanol–water partition coefficient (Wildman–Crippen LogP) is 2.31. The summed E-state index contributed by atoms with van der Waals surface area (Å²) in [6, 6.07) is 4.68. The number of hydrogen-bond donors (Lipinski definition) is 2. The number of likely N-dealkylation sites (tertiary alicyclic amines) is 1. The molecule has 0 spiro atoms. The van der Waals surface area contributed by atoms with Gasteiger partial charge in [-0.2, -0.15) is 0 Å². The summed E-state index contributed by atoms with van der Waals surface area (Å²) in [6.07, 6.45) is 4.04. The van der Waals surface area contributed by atoms with Gasteiger partial charge < -0.3 is 10.6 Å². The van der Waals surface area contributed by atoms with Crippen LogP contribution in [0.5, 0.6) is 0 Å². The van der Waals surface area contributed by atoms with E-state index in [9.17, 15) is 9.18 Å². The Labute approximate surface area is 141 Å². The van der Waals surface area contributed by atoms with E-state index in [1.54, 1.807) is 6.07 Å². The highest BCUT2D eigenvalue weighted by Gasteiger charge is 2.27. The summed E-state index contributed by atoms with van der Waals surface area (Å²) in [7, 11) is 0. The maximum absolute atomic E-state index is 13.1. The third-order valence-electron chi connectivity index (χ3n) is 4.64. The van der Waals surface area contributed by atoms with Gasteiger partial charge >= 0.3 is 0 Å². The third kappa shape index (κ3) is 4.43. The summed E-state index contributed by atoms with van der Waals surface area (Å²) in [4.78, 5) is 14.5. The van der Waals surface area contributed by atoms with E-state index in [1.807, 2.05) is 0 Å². The van der Waals surface area contributed by atoms with Crippen LogP contribution in [0.1, 0.15) is 31.2 Å². The number of nitrogens with zero attached hydrogens (tertiary/aromatic N) is 1. The van der Waals surface area contributed by atoms with Crippen molar-refractivity contribution >= 4 is 17.5 Å². The molecule has 0 radical (unpaired) electrons. The number of piperidine rings is 1. The Morgan fingerprint density at radius 1 is 1.39 bits per heavy atom. The molecule has 0 bridgehead atoms. The molecule has 4 nitrogen and oxygen atoms in total. The second kappa shape index (κ2) is 7.60. The van der Waals surface area contributed by atoms with Gasteiger partial charge in [0.15, 0.2) is 0 Å². The van der Waals surface area contributed by atoms with Crippen molar-refractivity contribution in [2.45, 2.75) is 44.3 Å². The SMILES string of the molecule is O=C(NC1CCCN(Cc2ccc(F)cc2Cl)C1)[C@@H]1CCCN1. The lowest BCUT2D eigenvalue weighted by atomic mass is 10.0. The van der Waals surface area contributed by atoms with E-state index >= 15 is 0 Å². The van der Waals surface area contributed by atoms with Crippen molar-refractivity contribution < 1.29 is 9.18 Å². The summed E-state index contributed by atoms with van der Waals surface area (Å²) in [5, 5.41) is 6.86. The summed E-state index contributed by atoms with van der Waals surface area (Å²) in [5.74, 6) is -0.194. The van der Waals surface area contributed by atoms with E-state index in [0.717, 1.165) is 50.9 Å². The minimum atomic E-state index is -0.313. The number of carbonyl (C=O) groups is 1. The highest BCUT2D eigenvalue weighted by Crippen LogP contribution is 2.21. The van der Waals surface area contributed by atoms with E-state index in [1.165, 1.54) is 12.1 Å². The molecule has 0 saturated carbocycles. The van der Waals surface area contributed by atoms with Gasteiger partial charge in [0.1, 0.15) is 5.82 Å². The van der Waals surface area contributed by atoms with Gasteiger partial charge in [-0.3, -0.25) is 9.69 Å². The highest BCUT2D eigenvalue weighted by atomic mass is 35.5. The number of amides is 1. The van der Waals surface area contributed by atoms with E-state index in [-0.39, 0.29) is 23.8 Å². The van der Waals surface area contributed by atoms with Crippen LogP contribution < -0.4 is 10.6 Å². The smallest absolute Gasteiger partial charge is 0.237 e. The molecule has 2 aliphatic rings. The maximum atomic E-state index is 13.1. The number of benzene rings is 1. The maximum Gasteiger partial charge on any atom is 0.237 e. The first-order valence-electron chi connectivity index (χ1n) is 8.32. The lowest BCUT2D eigenvalue weighted by molar-refractivity contribution is -0.123. The molecule has 2 N–H and O–H groups in total. The lowest BCUT2D eigenvalue weighted by Gasteiger charge is -2.33. The molecule has 2 atom stereocenters. The Balaban J connectivity index is 1.54. The van der Waals surface area contributed by atoms with Gasteiger partial charge in [-0.05, 0) is 56.5 Å². The van der Waals surface area contributed by atoms with Crippen molar-refractivity contribution in [1.82, 2.24) is 15.5 Å². The molecule has 6 heteroatoms. The van der Waals surface area contributed by atoms with Crippen molar-refractivity contribution in [3.05, 3.63) is 34.6 Å². The van der Waals surface area contributed by atoms with Gasteiger partial charge in [-0.25, -0.2) is 4.39 Å². The average molecular weight is 340 g/mol. The van der Waals surface area contributed by atoms with Crippen LogP contribution in [0.25, 0.3) is 0 Å². The Morgan fingerprint density at radius 2 is 2.26 bits per heavy atom. The fraction of sp³-hybridized carbons (Fsp3) is 0.588. The average Bonchev–Trinajstić information content (AvgIpc) is 3.05. The second-order valence-corrected chi connectivity index (χ2v) is 6.87. The minimum Gasteiger partial charge on any atom is -0.351 e. The van der Waals surface area contributed by atoms with Crippen LogP contribution in [0, 0.1) is 5.82 Å². The van der Waals surface area contributed by atoms with Crippen LogP contribution in [0.15, 0.2) is 18.2 Å². The molecule has 0 aromatic heterocycles. The number of hydrogen-bond acceptors (Lipinski definition) is 3. The number of carbonyl (C=O) groups excluding carboxylic acids is 1. The molecular formula is C17H23ClFN3O. The standard InChI is InChI=1S/C17H23ClFN3O/c18-15-9-13(19)6-5-12(15)10-22-8-2-3-14(11-22)21-17(23)16-4-1-7-20-16/h5-6,9,14,16,20H,1-4,7-8,10-11H2,(H,21,23)/t14?,16-/m0/s1. The van der Waals surface area contributed by atoms with Crippen molar-refractivity contribution in [3.63, 3.8) is 0 Å². The molecule has 2 aliphatic heterocycles. The quantitative estimate of drug-likeness (QED) is 0.884. The van der Waals surface area contributed by atoms with Crippen molar-refractivity contribution in [1.29, 1.82) is 0 Å². The van der Waals surface area contributed by atoms with E-state index in [4.69, 9.17) is 11.6 Å². The van der Waals surface area contributed by atoms with Crippen LogP contribution in [0.2, 0.25) is 5.02 Å². The number of rotatable bonds is 4. The molecule has 2 saturated heterocycles. The van der Waals surface area contributed by atoms with Gasteiger partial charge in [0.05, 0.1) is 6.04 Å². The molecule has 1 unspecified atom stereocenters. The van der Waals surface area contributed by atoms with Crippen LogP contribution >= 0.6 is 11.6 Å². The third-order valence-corrected chi connectivity index (χ3v) is 4.99. The fourth-order valence-electron chi connectivity index (χ4n) is 3.42. The largest absolute Gasteiger partial charge is 0.351 e. The molecule has 1 aromatic carbocycles. The zero-order chi connectivity index (χ0) is 16.2. The number of halogens is 2. The van der Waals surface area contributed by atoms with Gasteiger partial charge in [-0.15, -0.1) is 0 Å². The van der Waals surface area contributed by atoms with Crippen LogP contribution in [-0.2, 0) is 11.3 Å². The predicted molar refractivity (Wildman–Crippen MR) is 88.9 cm³/mol. The molecule has 1 amide bonds. The van der Waals surface area contributed by atoms with Crippen molar-refractivity contribution in [3.8, 4) is 0 Å². The van der Waals surface area contributed by atoms with E-state index < -0.39 is 0 Å². The van der Waals surface area contributed by atoms with E-state index in [0.29, 0.717) is 11.6 Å². The molecule has 0 aliphatic carbocycles. The molecule has 2 fully saturated rings. The summed E-state index contributed by atoms with van der Waals surface area (Å²) in [5.41, 5.74) is 0.928. The minimum absolute atomic E-state index is 0.0306. The van der Waals surface area contributed by atoms with Crippen LogP contribution in [0.4, 0.5) is 4.39 Å². The first-order chi connectivity index (χ1) is 11.1. The normalized spacial score (nSPS) is 25.5. The van der Waals surface area contributed by atoms with E-state index in [2.05, 4.69) is 15.5 Å². The Bertz CT molecular complexity index is 563. The van der Waals surface area contributed by atoms with Gasteiger partial charge in [0, 0.05) is 24.2 Å². The summed E-state index contributed by atoms with van der Waals surface area (Å²) >= 11 is 6.11. The van der Waals surface area contributed by atoms with Crippen LogP contribution in [-0.4, -0.2) is 42.5 Å². The number of nitrogens with one attached hydrogen (secondary N) is 2. The zero-order valence-corrected chi connectivity index (χ0v) is 13.9. The Morgan fingerprint density at radius 3 is 3.00 bits per heavy atom. The molecule has 2 heterocycles. The van der Waals surface area contributed by atoms with Crippen molar-refractivity contribution in [2.75, 3.05) is 19.6 Å². The highest BCUT2D eigenvalue weighted by molar-refractivity contribution is 6.31. The Kier molecular flexibility index (Phi) is 5.51. The fourth-order valence-corrected chi connectivity index (χ4v) is 3.64. The lowest BCUT2D eigenvalue weighted by Crippen LogP contribution is -2.51. The molecule has 3 rings (SSSR count). The Hall–Kier alpha value is -1.17. The van der Waals surface area contributed by atoms with Crippen molar-refractivity contribution in [2.24, 2.45) is 0 Å². The van der Waals surface area contributed by atoms with Gasteiger partial charge in [0.2, 0.25) is 5.91 Å². The zero-order valence-electron chi connectivity index (χ0n) is 13.2. The molecule has 126 valence electrons. The summed E-state index contributed by atoms with van der Waals surface area (Å²) in [6.45, 7) is 3.40.